The Labute approximate surface area is 185 Å². The molecule has 32 heavy (non-hydrogen) atoms. The van der Waals surface area contributed by atoms with E-state index in [0.29, 0.717) is 5.56 Å². The standard InChI is InChI=1S/C24H20N2O5S/c1-17-8-12-22(13-9-17)32(29,30)25-24(23(26(27)28)16-21-7-4-14-31-21)20-11-10-18-5-2-3-6-19(18)15-20/h2-16,24-25H,1H3/b23-16-/t24-/m1/s1. The van der Waals surface area contributed by atoms with Gasteiger partial charge in [0.05, 0.1) is 22.2 Å². The van der Waals surface area contributed by atoms with Crippen molar-refractivity contribution in [1.82, 2.24) is 4.72 Å². The van der Waals surface area contributed by atoms with E-state index < -0.39 is 21.0 Å². The molecule has 4 rings (SSSR count). The summed E-state index contributed by atoms with van der Waals surface area (Å²) in [5.74, 6) is 0.247. The Bertz CT molecular complexity index is 1390. The van der Waals surface area contributed by atoms with Crippen LogP contribution in [-0.2, 0) is 10.0 Å². The second kappa shape index (κ2) is 8.78. The van der Waals surface area contributed by atoms with E-state index in [4.69, 9.17) is 4.42 Å². The van der Waals surface area contributed by atoms with E-state index in [1.54, 1.807) is 36.4 Å². The number of nitrogens with zero attached hydrogens (tertiary/aromatic N) is 1. The molecule has 162 valence electrons. The van der Waals surface area contributed by atoms with Crippen molar-refractivity contribution in [2.75, 3.05) is 0 Å². The first-order valence-electron chi connectivity index (χ1n) is 9.81. The second-order valence-electron chi connectivity index (χ2n) is 7.32. The van der Waals surface area contributed by atoms with E-state index in [-0.39, 0.29) is 16.4 Å². The number of rotatable bonds is 7. The number of fused-ring (bicyclic) bond motifs is 1. The highest BCUT2D eigenvalue weighted by Gasteiger charge is 2.32. The average Bonchev–Trinajstić information content (AvgIpc) is 3.29. The molecule has 0 saturated heterocycles. The molecule has 0 spiro atoms. The van der Waals surface area contributed by atoms with E-state index in [2.05, 4.69) is 4.72 Å². The minimum absolute atomic E-state index is 0.0228. The van der Waals surface area contributed by atoms with Crippen molar-refractivity contribution >= 4 is 26.9 Å². The van der Waals surface area contributed by atoms with Crippen LogP contribution >= 0.6 is 0 Å². The van der Waals surface area contributed by atoms with Crippen LogP contribution in [0.2, 0.25) is 0 Å². The third kappa shape index (κ3) is 4.61. The lowest BCUT2D eigenvalue weighted by Gasteiger charge is -2.18. The SMILES string of the molecule is Cc1ccc(S(=O)(=O)N[C@@H](/C(=C/c2ccco2)[N+](=O)[O-])c2ccc3ccccc3c2)cc1. The van der Waals surface area contributed by atoms with Gasteiger partial charge in [0.25, 0.3) is 5.70 Å². The smallest absolute Gasteiger partial charge is 0.272 e. The molecule has 8 heteroatoms. The van der Waals surface area contributed by atoms with E-state index in [1.807, 2.05) is 37.3 Å². The molecule has 0 saturated carbocycles. The maximum Gasteiger partial charge on any atom is 0.272 e. The van der Waals surface area contributed by atoms with Gasteiger partial charge in [-0.25, -0.2) is 8.42 Å². The molecule has 1 heterocycles. The summed E-state index contributed by atoms with van der Waals surface area (Å²) in [7, 11) is -4.06. The highest BCUT2D eigenvalue weighted by molar-refractivity contribution is 7.89. The highest BCUT2D eigenvalue weighted by atomic mass is 32.2. The predicted octanol–water partition coefficient (Wildman–Crippen LogP) is 5.08. The van der Waals surface area contributed by atoms with Crippen LogP contribution in [0, 0.1) is 17.0 Å². The Morgan fingerprint density at radius 1 is 1.00 bits per heavy atom. The molecule has 4 aromatic rings. The maximum atomic E-state index is 13.1. The molecule has 1 aromatic heterocycles. The molecule has 0 bridgehead atoms. The minimum Gasteiger partial charge on any atom is -0.465 e. The zero-order valence-corrected chi connectivity index (χ0v) is 18.0. The quantitative estimate of drug-likeness (QED) is 0.314. The van der Waals surface area contributed by atoms with E-state index in [1.165, 1.54) is 24.5 Å². The van der Waals surface area contributed by atoms with Gasteiger partial charge in [-0.05, 0) is 53.6 Å². The van der Waals surface area contributed by atoms with Gasteiger partial charge < -0.3 is 4.42 Å². The van der Waals surface area contributed by atoms with Crippen molar-refractivity contribution < 1.29 is 17.8 Å². The summed E-state index contributed by atoms with van der Waals surface area (Å²) in [4.78, 5) is 11.5. The number of nitrogens with one attached hydrogen (secondary N) is 1. The largest absolute Gasteiger partial charge is 0.465 e. The van der Waals surface area contributed by atoms with Gasteiger partial charge in [0, 0.05) is 0 Å². The maximum absolute atomic E-state index is 13.1. The van der Waals surface area contributed by atoms with Crippen LogP contribution in [-0.4, -0.2) is 13.3 Å². The summed E-state index contributed by atoms with van der Waals surface area (Å²) < 4.78 is 34.0. The van der Waals surface area contributed by atoms with Gasteiger partial charge in [0.1, 0.15) is 11.8 Å². The van der Waals surface area contributed by atoms with Crippen LogP contribution in [0.4, 0.5) is 0 Å². The zero-order valence-electron chi connectivity index (χ0n) is 17.1. The molecule has 7 nitrogen and oxygen atoms in total. The van der Waals surface area contributed by atoms with Crippen LogP contribution < -0.4 is 4.72 Å². The fraction of sp³-hybridized carbons (Fsp3) is 0.0833. The third-order valence-corrected chi connectivity index (χ3v) is 6.49. The normalized spacial score (nSPS) is 13.2. The minimum atomic E-state index is -4.06. The molecule has 1 N–H and O–H groups in total. The van der Waals surface area contributed by atoms with E-state index in [9.17, 15) is 18.5 Å². The van der Waals surface area contributed by atoms with Crippen LogP contribution in [0.25, 0.3) is 16.8 Å². The summed E-state index contributed by atoms with van der Waals surface area (Å²) in [6, 6.07) is 21.0. The van der Waals surface area contributed by atoms with Gasteiger partial charge in [-0.2, -0.15) is 4.72 Å². The molecule has 0 aliphatic rings. The van der Waals surface area contributed by atoms with Crippen molar-refractivity contribution in [2.45, 2.75) is 17.9 Å². The zero-order chi connectivity index (χ0) is 22.7. The van der Waals surface area contributed by atoms with Gasteiger partial charge in [0.15, 0.2) is 0 Å². The van der Waals surface area contributed by atoms with E-state index >= 15 is 0 Å². The molecule has 0 unspecified atom stereocenters. The van der Waals surface area contributed by atoms with Gasteiger partial charge in [-0.3, -0.25) is 10.1 Å². The third-order valence-electron chi connectivity index (χ3n) is 5.05. The Morgan fingerprint density at radius 3 is 2.38 bits per heavy atom. The summed E-state index contributed by atoms with van der Waals surface area (Å²) in [6.45, 7) is 1.85. The molecular weight excluding hydrogens is 428 g/mol. The van der Waals surface area contributed by atoms with Gasteiger partial charge in [-0.1, -0.05) is 54.1 Å². The molecule has 0 amide bonds. The lowest BCUT2D eigenvalue weighted by Crippen LogP contribution is -2.32. The number of hydrogen-bond donors (Lipinski definition) is 1. The summed E-state index contributed by atoms with van der Waals surface area (Å²) in [6.07, 6.45) is 2.63. The first-order chi connectivity index (χ1) is 15.3. The lowest BCUT2D eigenvalue weighted by atomic mass is 10.00. The van der Waals surface area contributed by atoms with Gasteiger partial charge >= 0.3 is 0 Å². The summed E-state index contributed by atoms with van der Waals surface area (Å²) in [5.41, 5.74) is 0.985. The van der Waals surface area contributed by atoms with Crippen LogP contribution in [0.5, 0.6) is 0 Å². The van der Waals surface area contributed by atoms with Gasteiger partial charge in [-0.15, -0.1) is 0 Å². The van der Waals surface area contributed by atoms with Crippen molar-refractivity contribution in [1.29, 1.82) is 0 Å². The molecule has 0 radical (unpaired) electrons. The van der Waals surface area contributed by atoms with Crippen molar-refractivity contribution in [3.63, 3.8) is 0 Å². The van der Waals surface area contributed by atoms with Gasteiger partial charge in [0.2, 0.25) is 10.0 Å². The summed E-state index contributed by atoms with van der Waals surface area (Å²) in [5, 5.41) is 13.8. The highest BCUT2D eigenvalue weighted by Crippen LogP contribution is 2.29. The Kier molecular flexibility index (Phi) is 5.89. The fourth-order valence-corrected chi connectivity index (χ4v) is 4.59. The second-order valence-corrected chi connectivity index (χ2v) is 9.03. The number of furan rings is 1. The number of benzene rings is 3. The summed E-state index contributed by atoms with van der Waals surface area (Å²) >= 11 is 0. The van der Waals surface area contributed by atoms with Crippen molar-refractivity contribution in [2.24, 2.45) is 0 Å². The molecule has 1 atom stereocenters. The van der Waals surface area contributed by atoms with Crippen molar-refractivity contribution in [3.05, 3.63) is 118 Å². The average molecular weight is 449 g/mol. The Balaban J connectivity index is 1.85. The molecule has 3 aromatic carbocycles. The Morgan fingerprint density at radius 2 is 1.72 bits per heavy atom. The Hall–Kier alpha value is -3.75. The molecule has 0 aliphatic carbocycles. The van der Waals surface area contributed by atoms with E-state index in [0.717, 1.165) is 16.3 Å². The topological polar surface area (TPSA) is 102 Å². The molecule has 0 fully saturated rings. The predicted molar refractivity (Wildman–Crippen MR) is 122 cm³/mol. The number of nitro groups is 1. The number of sulfonamides is 1. The van der Waals surface area contributed by atoms with Crippen molar-refractivity contribution in [3.8, 4) is 0 Å². The monoisotopic (exact) mass is 448 g/mol. The number of hydrogen-bond acceptors (Lipinski definition) is 5. The lowest BCUT2D eigenvalue weighted by molar-refractivity contribution is -0.429. The fourth-order valence-electron chi connectivity index (χ4n) is 3.39. The first kappa shape index (κ1) is 21.5. The van der Waals surface area contributed by atoms with Crippen LogP contribution in [0.1, 0.15) is 22.9 Å². The van der Waals surface area contributed by atoms with Crippen LogP contribution in [0.3, 0.4) is 0 Å². The molecular formula is C24H20N2O5S. The molecule has 0 aliphatic heterocycles. The first-order valence-corrected chi connectivity index (χ1v) is 11.3. The number of aryl methyl sites for hydroxylation is 1. The van der Waals surface area contributed by atoms with Crippen LogP contribution in [0.15, 0.2) is 100 Å².